The van der Waals surface area contributed by atoms with Crippen molar-refractivity contribution in [3.05, 3.63) is 12.1 Å². The number of nitrogens with one attached hydrogen (secondary N) is 1. The molecular weight excluding hydrogens is 252 g/mol. The normalized spacial score (nSPS) is 15.4. The molecule has 0 unspecified atom stereocenters. The average Bonchev–Trinajstić information content (AvgIpc) is 3.15. The molecule has 20 heavy (non-hydrogen) atoms. The van der Waals surface area contributed by atoms with Gasteiger partial charge in [-0.05, 0) is 52.8 Å². The molecule has 1 saturated carbocycles. The topological polar surface area (TPSA) is 63.4 Å². The first-order valence-electron chi connectivity index (χ1n) is 7.25. The molecule has 1 fully saturated rings. The first-order valence-corrected chi connectivity index (χ1v) is 7.25. The van der Waals surface area contributed by atoms with Gasteiger partial charge in [0.05, 0.1) is 5.69 Å². The number of aromatic nitrogens is 1. The highest BCUT2D eigenvalue weighted by Crippen LogP contribution is 2.26. The Morgan fingerprint density at radius 3 is 2.70 bits per heavy atom. The molecule has 0 aliphatic heterocycles. The van der Waals surface area contributed by atoms with Gasteiger partial charge in [-0.3, -0.25) is 0 Å². The van der Waals surface area contributed by atoms with Crippen molar-refractivity contribution in [3.8, 4) is 5.88 Å². The fourth-order valence-corrected chi connectivity index (χ4v) is 1.98. The molecular formula is C15H26N4O. The van der Waals surface area contributed by atoms with E-state index < -0.39 is 0 Å². The van der Waals surface area contributed by atoms with Crippen LogP contribution in [0.15, 0.2) is 12.1 Å². The van der Waals surface area contributed by atoms with E-state index in [0.29, 0.717) is 11.6 Å². The summed E-state index contributed by atoms with van der Waals surface area (Å²) in [5.41, 5.74) is 6.17. The molecule has 0 saturated heterocycles. The molecule has 1 aliphatic rings. The number of rotatable bonds is 6. The van der Waals surface area contributed by atoms with Crippen molar-refractivity contribution in [3.63, 3.8) is 0 Å². The molecule has 0 bridgehead atoms. The van der Waals surface area contributed by atoms with Gasteiger partial charge in [0.15, 0.2) is 0 Å². The number of anilines is 2. The molecule has 1 aromatic rings. The third kappa shape index (κ3) is 4.56. The van der Waals surface area contributed by atoms with Gasteiger partial charge in [-0.1, -0.05) is 0 Å². The first kappa shape index (κ1) is 14.9. The van der Waals surface area contributed by atoms with E-state index in [2.05, 4.69) is 22.2 Å². The monoisotopic (exact) mass is 278 g/mol. The molecule has 0 amide bonds. The van der Waals surface area contributed by atoms with Crippen LogP contribution in [0.2, 0.25) is 0 Å². The minimum atomic E-state index is -0.300. The lowest BCUT2D eigenvalue weighted by Gasteiger charge is -2.22. The number of nitrogens with zero attached hydrogens (tertiary/aromatic N) is 2. The molecule has 0 atom stereocenters. The molecule has 0 radical (unpaired) electrons. The Bertz CT molecular complexity index is 452. The summed E-state index contributed by atoms with van der Waals surface area (Å²) in [4.78, 5) is 6.82. The summed E-state index contributed by atoms with van der Waals surface area (Å²) in [7, 11) is 2.17. The van der Waals surface area contributed by atoms with Crippen molar-refractivity contribution < 1.29 is 4.74 Å². The summed E-state index contributed by atoms with van der Waals surface area (Å²) in [5.74, 6) is 1.31. The van der Waals surface area contributed by atoms with Crippen LogP contribution < -0.4 is 15.8 Å². The standard InChI is InChI=1S/C15H26N4O/c1-15(2,3)20-14-12(16)7-8-13(18-14)17-9-10-19(4)11-5-6-11/h7-8,11H,5-6,9-10,16H2,1-4H3,(H,17,18). The Balaban J connectivity index is 1.89. The van der Waals surface area contributed by atoms with E-state index in [1.165, 1.54) is 12.8 Å². The summed E-state index contributed by atoms with van der Waals surface area (Å²) in [6.07, 6.45) is 2.67. The minimum Gasteiger partial charge on any atom is -0.470 e. The van der Waals surface area contributed by atoms with Gasteiger partial charge < -0.3 is 20.7 Å². The lowest BCUT2D eigenvalue weighted by molar-refractivity contribution is 0.125. The fourth-order valence-electron chi connectivity index (χ4n) is 1.98. The van der Waals surface area contributed by atoms with E-state index in [9.17, 15) is 0 Å². The zero-order valence-electron chi connectivity index (χ0n) is 12.9. The Morgan fingerprint density at radius 2 is 2.10 bits per heavy atom. The number of nitrogen functional groups attached to an aromatic ring is 1. The van der Waals surface area contributed by atoms with Gasteiger partial charge in [0.2, 0.25) is 5.88 Å². The lowest BCUT2D eigenvalue weighted by Crippen LogP contribution is -2.27. The highest BCUT2D eigenvalue weighted by molar-refractivity contribution is 5.53. The van der Waals surface area contributed by atoms with Gasteiger partial charge in [-0.25, -0.2) is 0 Å². The van der Waals surface area contributed by atoms with Crippen LogP contribution in [0.25, 0.3) is 0 Å². The van der Waals surface area contributed by atoms with Gasteiger partial charge in [0, 0.05) is 19.1 Å². The summed E-state index contributed by atoms with van der Waals surface area (Å²) in [6.45, 7) is 7.85. The maximum Gasteiger partial charge on any atom is 0.239 e. The van der Waals surface area contributed by atoms with Crippen molar-refractivity contribution in [1.82, 2.24) is 9.88 Å². The maximum atomic E-state index is 5.90. The van der Waals surface area contributed by atoms with Crippen LogP contribution in [0.5, 0.6) is 5.88 Å². The number of likely N-dealkylation sites (N-methyl/N-ethyl adjacent to an activating group) is 1. The van der Waals surface area contributed by atoms with Crippen LogP contribution in [-0.4, -0.2) is 41.7 Å². The van der Waals surface area contributed by atoms with E-state index in [-0.39, 0.29) is 5.60 Å². The van der Waals surface area contributed by atoms with Gasteiger partial charge in [0.1, 0.15) is 11.4 Å². The smallest absolute Gasteiger partial charge is 0.239 e. The molecule has 0 spiro atoms. The van der Waals surface area contributed by atoms with Gasteiger partial charge in [-0.15, -0.1) is 0 Å². The quantitative estimate of drug-likeness (QED) is 0.836. The second kappa shape index (κ2) is 5.87. The van der Waals surface area contributed by atoms with Crippen molar-refractivity contribution in [1.29, 1.82) is 0 Å². The predicted molar refractivity (Wildman–Crippen MR) is 83.2 cm³/mol. The number of hydrogen-bond donors (Lipinski definition) is 2. The first-order chi connectivity index (χ1) is 9.35. The van der Waals surface area contributed by atoms with Crippen LogP contribution in [0.1, 0.15) is 33.6 Å². The van der Waals surface area contributed by atoms with Crippen molar-refractivity contribution in [2.75, 3.05) is 31.2 Å². The zero-order valence-corrected chi connectivity index (χ0v) is 12.9. The van der Waals surface area contributed by atoms with Crippen molar-refractivity contribution >= 4 is 11.5 Å². The summed E-state index contributed by atoms with van der Waals surface area (Å²) in [6, 6.07) is 4.51. The number of ether oxygens (including phenoxy) is 1. The van der Waals surface area contributed by atoms with Crippen LogP contribution in [0.3, 0.4) is 0 Å². The molecule has 5 nitrogen and oxygen atoms in total. The molecule has 0 aromatic carbocycles. The Morgan fingerprint density at radius 1 is 1.40 bits per heavy atom. The van der Waals surface area contributed by atoms with Crippen molar-refractivity contribution in [2.24, 2.45) is 0 Å². The average molecular weight is 278 g/mol. The molecule has 1 aliphatic carbocycles. The van der Waals surface area contributed by atoms with E-state index in [0.717, 1.165) is 24.9 Å². The van der Waals surface area contributed by atoms with E-state index in [1.54, 1.807) is 0 Å². The summed E-state index contributed by atoms with van der Waals surface area (Å²) in [5, 5.41) is 3.32. The Hall–Kier alpha value is -1.49. The van der Waals surface area contributed by atoms with E-state index in [4.69, 9.17) is 10.5 Å². The van der Waals surface area contributed by atoms with E-state index in [1.807, 2.05) is 32.9 Å². The molecule has 5 heteroatoms. The second-order valence-corrected chi connectivity index (χ2v) is 6.44. The fraction of sp³-hybridized carbons (Fsp3) is 0.667. The second-order valence-electron chi connectivity index (χ2n) is 6.44. The van der Waals surface area contributed by atoms with Crippen molar-refractivity contribution in [2.45, 2.75) is 45.3 Å². The molecule has 3 N–H and O–H groups in total. The summed E-state index contributed by atoms with van der Waals surface area (Å²) < 4.78 is 5.76. The number of hydrogen-bond acceptors (Lipinski definition) is 5. The van der Waals surface area contributed by atoms with Crippen LogP contribution in [0, 0.1) is 0 Å². The lowest BCUT2D eigenvalue weighted by atomic mass is 10.2. The SMILES string of the molecule is CN(CCNc1ccc(N)c(OC(C)(C)C)n1)C1CC1. The predicted octanol–water partition coefficient (Wildman–Crippen LogP) is 2.35. The molecule has 2 rings (SSSR count). The zero-order chi connectivity index (χ0) is 14.8. The highest BCUT2D eigenvalue weighted by Gasteiger charge is 2.25. The van der Waals surface area contributed by atoms with Crippen LogP contribution in [0.4, 0.5) is 11.5 Å². The highest BCUT2D eigenvalue weighted by atomic mass is 16.5. The third-order valence-electron chi connectivity index (χ3n) is 3.23. The van der Waals surface area contributed by atoms with Crippen LogP contribution in [-0.2, 0) is 0 Å². The molecule has 1 aromatic heterocycles. The Kier molecular flexibility index (Phi) is 4.38. The third-order valence-corrected chi connectivity index (χ3v) is 3.23. The largest absolute Gasteiger partial charge is 0.470 e. The van der Waals surface area contributed by atoms with Gasteiger partial charge in [0.25, 0.3) is 0 Å². The van der Waals surface area contributed by atoms with E-state index >= 15 is 0 Å². The van der Waals surface area contributed by atoms with Gasteiger partial charge in [-0.2, -0.15) is 4.98 Å². The molecule has 112 valence electrons. The maximum absolute atomic E-state index is 5.90. The number of pyridine rings is 1. The number of nitrogens with two attached hydrogens (primary N) is 1. The minimum absolute atomic E-state index is 0.300. The Labute approximate surface area is 121 Å². The molecule has 1 heterocycles. The summed E-state index contributed by atoms with van der Waals surface area (Å²) >= 11 is 0. The van der Waals surface area contributed by atoms with Gasteiger partial charge >= 0.3 is 0 Å². The van der Waals surface area contributed by atoms with Crippen LogP contribution >= 0.6 is 0 Å².